The molecule has 1 aromatic heterocycles. The Balaban J connectivity index is 1.71. The predicted octanol–water partition coefficient (Wildman–Crippen LogP) is 2.86. The summed E-state index contributed by atoms with van der Waals surface area (Å²) in [6.07, 6.45) is 4.18. The van der Waals surface area contributed by atoms with Crippen molar-refractivity contribution in [3.8, 4) is 11.5 Å². The van der Waals surface area contributed by atoms with E-state index in [4.69, 9.17) is 9.47 Å². The zero-order valence-electron chi connectivity index (χ0n) is 14.2. The maximum Gasteiger partial charge on any atom is 0.229 e. The van der Waals surface area contributed by atoms with E-state index in [9.17, 15) is 4.79 Å². The molecule has 0 fully saturated rings. The molecule has 0 bridgehead atoms. The first-order valence-corrected chi connectivity index (χ1v) is 8.06. The molecule has 0 saturated heterocycles. The molecular formula is C19H22N2O3. The van der Waals surface area contributed by atoms with Crippen LogP contribution >= 0.6 is 0 Å². The van der Waals surface area contributed by atoms with Crippen molar-refractivity contribution in [3.05, 3.63) is 53.9 Å². The van der Waals surface area contributed by atoms with E-state index in [-0.39, 0.29) is 17.9 Å². The van der Waals surface area contributed by atoms with E-state index in [0.29, 0.717) is 13.0 Å². The number of carbonyl (C=O) groups excluding carboxylic acids is 1. The van der Waals surface area contributed by atoms with Gasteiger partial charge in [-0.05, 0) is 42.7 Å². The number of amides is 1. The number of aromatic nitrogens is 1. The van der Waals surface area contributed by atoms with Crippen LogP contribution in [0.25, 0.3) is 0 Å². The Morgan fingerprint density at radius 2 is 2.08 bits per heavy atom. The minimum Gasteiger partial charge on any atom is -0.497 e. The number of fused-ring (bicyclic) bond motifs is 1. The third-order valence-electron chi connectivity index (χ3n) is 4.65. The summed E-state index contributed by atoms with van der Waals surface area (Å²) in [5.41, 5.74) is 2.12. The van der Waals surface area contributed by atoms with Gasteiger partial charge in [0.25, 0.3) is 0 Å². The maximum atomic E-state index is 12.9. The molecule has 1 aliphatic heterocycles. The van der Waals surface area contributed by atoms with Crippen molar-refractivity contribution < 1.29 is 14.3 Å². The largest absolute Gasteiger partial charge is 0.497 e. The third-order valence-corrected chi connectivity index (χ3v) is 4.65. The van der Waals surface area contributed by atoms with Crippen LogP contribution < -0.4 is 9.47 Å². The molecule has 3 rings (SSSR count). The number of rotatable bonds is 4. The zero-order valence-corrected chi connectivity index (χ0v) is 14.2. The van der Waals surface area contributed by atoms with Gasteiger partial charge in [-0.2, -0.15) is 0 Å². The van der Waals surface area contributed by atoms with Crippen molar-refractivity contribution in [2.75, 3.05) is 20.8 Å². The second-order valence-electron chi connectivity index (χ2n) is 6.09. The first kappa shape index (κ1) is 16.3. The van der Waals surface area contributed by atoms with Crippen molar-refractivity contribution in [3.63, 3.8) is 0 Å². The lowest BCUT2D eigenvalue weighted by Crippen LogP contribution is -2.39. The number of nitrogens with zero attached hydrogens (tertiary/aromatic N) is 2. The molecule has 5 nitrogen and oxygen atoms in total. The minimum absolute atomic E-state index is 0.00207. The van der Waals surface area contributed by atoms with E-state index in [1.807, 2.05) is 44.3 Å². The molecule has 2 aromatic rings. The first-order valence-electron chi connectivity index (χ1n) is 8.06. The third kappa shape index (κ3) is 3.20. The number of pyridine rings is 1. The molecule has 0 spiro atoms. The van der Waals surface area contributed by atoms with Crippen LogP contribution in [0.3, 0.4) is 0 Å². The summed E-state index contributed by atoms with van der Waals surface area (Å²) in [5, 5.41) is 0. The Morgan fingerprint density at radius 1 is 1.33 bits per heavy atom. The van der Waals surface area contributed by atoms with Crippen LogP contribution in [0.1, 0.15) is 24.1 Å². The highest BCUT2D eigenvalue weighted by molar-refractivity contribution is 5.80. The van der Waals surface area contributed by atoms with E-state index in [1.165, 1.54) is 0 Å². The highest BCUT2D eigenvalue weighted by Gasteiger charge is 2.30. The van der Waals surface area contributed by atoms with Gasteiger partial charge in [-0.3, -0.25) is 9.78 Å². The summed E-state index contributed by atoms with van der Waals surface area (Å²) >= 11 is 0. The topological polar surface area (TPSA) is 51.7 Å². The normalized spacial score (nSPS) is 17.4. The van der Waals surface area contributed by atoms with Gasteiger partial charge in [0.15, 0.2) is 0 Å². The van der Waals surface area contributed by atoms with Gasteiger partial charge in [0.1, 0.15) is 18.1 Å². The molecule has 1 aromatic carbocycles. The lowest BCUT2D eigenvalue weighted by molar-refractivity contribution is -0.137. The average molecular weight is 326 g/mol. The van der Waals surface area contributed by atoms with Gasteiger partial charge in [0, 0.05) is 25.5 Å². The fraction of sp³-hybridized carbons (Fsp3) is 0.368. The Kier molecular flexibility index (Phi) is 4.69. The molecule has 0 radical (unpaired) electrons. The molecule has 0 saturated carbocycles. The SMILES string of the molecule is COc1ccc2c(c1)OCC(C(=O)N(C)C(C)c1ccncc1)C2. The maximum absolute atomic E-state index is 12.9. The molecule has 126 valence electrons. The highest BCUT2D eigenvalue weighted by atomic mass is 16.5. The van der Waals surface area contributed by atoms with E-state index in [0.717, 1.165) is 22.6 Å². The van der Waals surface area contributed by atoms with E-state index in [1.54, 1.807) is 24.4 Å². The summed E-state index contributed by atoms with van der Waals surface area (Å²) in [4.78, 5) is 18.7. The van der Waals surface area contributed by atoms with Gasteiger partial charge in [-0.1, -0.05) is 6.07 Å². The van der Waals surface area contributed by atoms with E-state index in [2.05, 4.69) is 4.98 Å². The summed E-state index contributed by atoms with van der Waals surface area (Å²) < 4.78 is 11.0. The van der Waals surface area contributed by atoms with Gasteiger partial charge >= 0.3 is 0 Å². The average Bonchev–Trinajstić information content (AvgIpc) is 2.66. The molecule has 0 N–H and O–H groups in total. The Bertz CT molecular complexity index is 718. The van der Waals surface area contributed by atoms with Gasteiger partial charge in [-0.15, -0.1) is 0 Å². The molecule has 2 unspecified atom stereocenters. The smallest absolute Gasteiger partial charge is 0.229 e. The van der Waals surface area contributed by atoms with Crippen LogP contribution in [0, 0.1) is 5.92 Å². The Labute approximate surface area is 142 Å². The summed E-state index contributed by atoms with van der Waals surface area (Å²) in [7, 11) is 3.48. The number of hydrogen-bond acceptors (Lipinski definition) is 4. The van der Waals surface area contributed by atoms with Gasteiger partial charge in [-0.25, -0.2) is 0 Å². The molecule has 1 aliphatic rings. The number of hydrogen-bond donors (Lipinski definition) is 0. The van der Waals surface area contributed by atoms with Crippen LogP contribution in [0.4, 0.5) is 0 Å². The minimum atomic E-state index is -0.166. The Morgan fingerprint density at radius 3 is 2.79 bits per heavy atom. The van der Waals surface area contributed by atoms with Crippen molar-refractivity contribution >= 4 is 5.91 Å². The van der Waals surface area contributed by atoms with Gasteiger partial charge in [0.05, 0.1) is 19.1 Å². The van der Waals surface area contributed by atoms with Crippen molar-refractivity contribution in [1.29, 1.82) is 0 Å². The molecule has 2 heterocycles. The zero-order chi connectivity index (χ0) is 17.1. The number of ether oxygens (including phenoxy) is 2. The van der Waals surface area contributed by atoms with Crippen LogP contribution in [-0.2, 0) is 11.2 Å². The van der Waals surface area contributed by atoms with E-state index >= 15 is 0 Å². The fourth-order valence-corrected chi connectivity index (χ4v) is 2.98. The van der Waals surface area contributed by atoms with Crippen LogP contribution in [0.5, 0.6) is 11.5 Å². The highest BCUT2D eigenvalue weighted by Crippen LogP contribution is 2.32. The van der Waals surface area contributed by atoms with Crippen LogP contribution in [0.15, 0.2) is 42.7 Å². The summed E-state index contributed by atoms with van der Waals surface area (Å²) in [5.74, 6) is 1.51. The molecule has 1 amide bonds. The molecule has 0 aliphatic carbocycles. The van der Waals surface area contributed by atoms with Crippen molar-refractivity contribution in [1.82, 2.24) is 9.88 Å². The molecular weight excluding hydrogens is 304 g/mol. The second-order valence-corrected chi connectivity index (χ2v) is 6.09. The first-order chi connectivity index (χ1) is 11.6. The summed E-state index contributed by atoms with van der Waals surface area (Å²) in [6.45, 7) is 2.42. The van der Waals surface area contributed by atoms with Gasteiger partial charge in [0.2, 0.25) is 5.91 Å². The number of carbonyl (C=O) groups is 1. The quantitative estimate of drug-likeness (QED) is 0.867. The molecule has 24 heavy (non-hydrogen) atoms. The van der Waals surface area contributed by atoms with Crippen molar-refractivity contribution in [2.45, 2.75) is 19.4 Å². The molecule has 5 heteroatoms. The lowest BCUT2D eigenvalue weighted by Gasteiger charge is -2.31. The predicted molar refractivity (Wildman–Crippen MR) is 91.1 cm³/mol. The van der Waals surface area contributed by atoms with Crippen LogP contribution in [-0.4, -0.2) is 36.6 Å². The van der Waals surface area contributed by atoms with Gasteiger partial charge < -0.3 is 14.4 Å². The summed E-state index contributed by atoms with van der Waals surface area (Å²) in [6, 6.07) is 9.62. The lowest BCUT2D eigenvalue weighted by atomic mass is 9.94. The monoisotopic (exact) mass is 326 g/mol. The van der Waals surface area contributed by atoms with Crippen molar-refractivity contribution in [2.24, 2.45) is 5.92 Å². The second kappa shape index (κ2) is 6.91. The molecule has 2 atom stereocenters. The number of benzene rings is 1. The van der Waals surface area contributed by atoms with Crippen LogP contribution in [0.2, 0.25) is 0 Å². The Hall–Kier alpha value is -2.56. The number of methoxy groups -OCH3 is 1. The van der Waals surface area contributed by atoms with E-state index < -0.39 is 0 Å². The standard InChI is InChI=1S/C19H22N2O3/c1-13(14-6-8-20-9-7-14)21(2)19(22)16-10-15-4-5-17(23-3)11-18(15)24-12-16/h4-9,11,13,16H,10,12H2,1-3H3. The fourth-order valence-electron chi connectivity index (χ4n) is 2.98.